The molecule has 2 unspecified atom stereocenters. The first kappa shape index (κ1) is 22.2. The number of carbonyl (C=O) groups is 2. The van der Waals surface area contributed by atoms with Crippen LogP contribution in [-0.4, -0.2) is 31.0 Å². The molecule has 4 N–H and O–H groups in total. The maximum absolute atomic E-state index is 12.1. The minimum Gasteiger partial charge on any atom is -0.494 e. The van der Waals surface area contributed by atoms with Crippen LogP contribution in [0, 0.1) is 0 Å². The fraction of sp³-hybridized carbons (Fsp3) is 0.529. The van der Waals surface area contributed by atoms with Crippen LogP contribution in [0.25, 0.3) is 0 Å². The van der Waals surface area contributed by atoms with Gasteiger partial charge >= 0.3 is 0 Å². The molecule has 0 saturated carbocycles. The number of benzene rings is 1. The van der Waals surface area contributed by atoms with Crippen LogP contribution in [0.2, 0.25) is 0 Å². The van der Waals surface area contributed by atoms with Crippen LogP contribution < -0.4 is 21.1 Å². The molecule has 2 atom stereocenters. The van der Waals surface area contributed by atoms with Gasteiger partial charge in [0.15, 0.2) is 0 Å². The van der Waals surface area contributed by atoms with E-state index in [-0.39, 0.29) is 36.7 Å². The second kappa shape index (κ2) is 11.7. The number of hydrogen-bond acceptors (Lipinski definition) is 4. The van der Waals surface area contributed by atoms with E-state index in [1.807, 2.05) is 38.1 Å². The number of nitrogens with two attached hydrogens (primary N) is 1. The monoisotopic (exact) mass is 357 g/mol. The first-order chi connectivity index (χ1) is 10.9. The van der Waals surface area contributed by atoms with Gasteiger partial charge in [-0.3, -0.25) is 9.59 Å². The van der Waals surface area contributed by atoms with Crippen molar-refractivity contribution < 1.29 is 14.3 Å². The van der Waals surface area contributed by atoms with Crippen molar-refractivity contribution in [2.75, 3.05) is 13.2 Å². The highest BCUT2D eigenvalue weighted by Crippen LogP contribution is 2.27. The Hall–Kier alpha value is -1.79. The van der Waals surface area contributed by atoms with E-state index in [0.717, 1.165) is 5.56 Å². The summed E-state index contributed by atoms with van der Waals surface area (Å²) >= 11 is 0. The number of carbonyl (C=O) groups excluding carboxylic acids is 2. The minimum absolute atomic E-state index is 0. The topological polar surface area (TPSA) is 93.4 Å². The number of ether oxygens (including phenoxy) is 1. The summed E-state index contributed by atoms with van der Waals surface area (Å²) in [7, 11) is 0. The summed E-state index contributed by atoms with van der Waals surface area (Å²) in [6, 6.07) is 7.04. The van der Waals surface area contributed by atoms with Crippen LogP contribution >= 0.6 is 12.4 Å². The molecule has 0 spiro atoms. The first-order valence-electron chi connectivity index (χ1n) is 7.95. The van der Waals surface area contributed by atoms with Gasteiger partial charge < -0.3 is 21.1 Å². The first-order valence-corrected chi connectivity index (χ1v) is 7.95. The number of halogens is 1. The normalized spacial score (nSPS) is 12.5. The lowest BCUT2D eigenvalue weighted by molar-refractivity contribution is -0.122. The molecule has 0 bridgehead atoms. The lowest BCUT2D eigenvalue weighted by Gasteiger charge is -2.21. The van der Waals surface area contributed by atoms with Crippen molar-refractivity contribution in [3.63, 3.8) is 0 Å². The van der Waals surface area contributed by atoms with Gasteiger partial charge in [-0.2, -0.15) is 0 Å². The Balaban J connectivity index is 0.00000529. The maximum atomic E-state index is 12.1. The van der Waals surface area contributed by atoms with Gasteiger partial charge in [-0.15, -0.1) is 12.4 Å². The van der Waals surface area contributed by atoms with Crippen LogP contribution in [0.3, 0.4) is 0 Å². The summed E-state index contributed by atoms with van der Waals surface area (Å²) in [5, 5.41) is 5.65. The molecule has 0 aromatic heterocycles. The van der Waals surface area contributed by atoms with E-state index in [0.29, 0.717) is 25.3 Å². The lowest BCUT2D eigenvalue weighted by Crippen LogP contribution is -2.34. The number of hydrogen-bond donors (Lipinski definition) is 3. The van der Waals surface area contributed by atoms with Crippen LogP contribution in [0.1, 0.15) is 45.2 Å². The number of amides is 2. The molecule has 1 aromatic rings. The van der Waals surface area contributed by atoms with Crippen molar-refractivity contribution in [3.8, 4) is 5.75 Å². The van der Waals surface area contributed by atoms with Crippen molar-refractivity contribution >= 4 is 24.2 Å². The molecule has 2 amide bonds. The minimum atomic E-state index is -0.425. The van der Waals surface area contributed by atoms with E-state index in [9.17, 15) is 9.59 Å². The molecular formula is C17H28ClN3O3. The van der Waals surface area contributed by atoms with E-state index < -0.39 is 6.04 Å². The van der Waals surface area contributed by atoms with Crippen LogP contribution in [-0.2, 0) is 9.59 Å². The van der Waals surface area contributed by atoms with Gasteiger partial charge in [-0.05, 0) is 26.3 Å². The third-order valence-corrected chi connectivity index (χ3v) is 3.28. The molecule has 6 nitrogen and oxygen atoms in total. The zero-order valence-electron chi connectivity index (χ0n) is 14.5. The molecule has 24 heavy (non-hydrogen) atoms. The van der Waals surface area contributed by atoms with Gasteiger partial charge in [0.25, 0.3) is 0 Å². The van der Waals surface area contributed by atoms with Crippen LogP contribution in [0.4, 0.5) is 0 Å². The number of para-hydroxylation sites is 1. The average Bonchev–Trinajstić information content (AvgIpc) is 2.46. The smallest absolute Gasteiger partial charge is 0.222 e. The quantitative estimate of drug-likeness (QED) is 0.629. The van der Waals surface area contributed by atoms with E-state index in [4.69, 9.17) is 10.5 Å². The molecule has 0 radical (unpaired) electrons. The standard InChI is InChI=1S/C17H27N3O3.ClH/c1-4-23-16-8-6-5-7-14(16)15(20-13(3)21)11-17(22)19-10-9-12(2)18;/h5-8,12,15H,4,9-11,18H2,1-3H3,(H,19,22)(H,20,21);1H. The summed E-state index contributed by atoms with van der Waals surface area (Å²) in [6.45, 7) is 6.26. The van der Waals surface area contributed by atoms with Crippen molar-refractivity contribution in [2.45, 2.75) is 45.7 Å². The molecule has 0 fully saturated rings. The SMILES string of the molecule is CCOc1ccccc1C(CC(=O)NCCC(C)N)NC(C)=O.Cl. The molecule has 0 aliphatic heterocycles. The number of rotatable bonds is 9. The predicted octanol–water partition coefficient (Wildman–Crippen LogP) is 1.93. The molecule has 0 saturated heterocycles. The highest BCUT2D eigenvalue weighted by atomic mass is 35.5. The Morgan fingerprint density at radius 2 is 1.96 bits per heavy atom. The Bertz CT molecular complexity index is 524. The number of nitrogens with one attached hydrogen (secondary N) is 2. The molecule has 1 aromatic carbocycles. The Morgan fingerprint density at radius 3 is 2.54 bits per heavy atom. The molecule has 0 aliphatic carbocycles. The summed E-state index contributed by atoms with van der Waals surface area (Å²) in [6.07, 6.45) is 0.870. The van der Waals surface area contributed by atoms with E-state index in [1.165, 1.54) is 6.92 Å². The van der Waals surface area contributed by atoms with E-state index >= 15 is 0 Å². The molecular weight excluding hydrogens is 330 g/mol. The summed E-state index contributed by atoms with van der Waals surface area (Å²) in [4.78, 5) is 23.6. The Labute approximate surface area is 149 Å². The highest BCUT2D eigenvalue weighted by Gasteiger charge is 2.20. The van der Waals surface area contributed by atoms with E-state index in [1.54, 1.807) is 0 Å². The van der Waals surface area contributed by atoms with Crippen molar-refractivity contribution in [2.24, 2.45) is 5.73 Å². The zero-order valence-corrected chi connectivity index (χ0v) is 15.3. The molecule has 7 heteroatoms. The second-order valence-corrected chi connectivity index (χ2v) is 5.54. The van der Waals surface area contributed by atoms with Gasteiger partial charge in [-0.25, -0.2) is 0 Å². The molecule has 136 valence electrons. The van der Waals surface area contributed by atoms with Crippen molar-refractivity contribution in [3.05, 3.63) is 29.8 Å². The summed E-state index contributed by atoms with van der Waals surface area (Å²) in [5.41, 5.74) is 6.46. The summed E-state index contributed by atoms with van der Waals surface area (Å²) in [5.74, 6) is 0.359. The molecule has 1 rings (SSSR count). The molecule has 0 aliphatic rings. The third-order valence-electron chi connectivity index (χ3n) is 3.28. The van der Waals surface area contributed by atoms with Gasteiger partial charge in [0.1, 0.15) is 5.75 Å². The fourth-order valence-corrected chi connectivity index (χ4v) is 2.24. The van der Waals surface area contributed by atoms with Crippen molar-refractivity contribution in [1.82, 2.24) is 10.6 Å². The lowest BCUT2D eigenvalue weighted by atomic mass is 10.0. The third kappa shape index (κ3) is 8.17. The van der Waals surface area contributed by atoms with Gasteiger partial charge in [0.2, 0.25) is 11.8 Å². The fourth-order valence-electron chi connectivity index (χ4n) is 2.24. The van der Waals surface area contributed by atoms with Crippen LogP contribution in [0.5, 0.6) is 5.75 Å². The zero-order chi connectivity index (χ0) is 17.2. The van der Waals surface area contributed by atoms with Gasteiger partial charge in [-0.1, -0.05) is 18.2 Å². The average molecular weight is 358 g/mol. The van der Waals surface area contributed by atoms with Crippen LogP contribution in [0.15, 0.2) is 24.3 Å². The Kier molecular flexibility index (Phi) is 10.8. The second-order valence-electron chi connectivity index (χ2n) is 5.54. The summed E-state index contributed by atoms with van der Waals surface area (Å²) < 4.78 is 5.59. The van der Waals surface area contributed by atoms with E-state index in [2.05, 4.69) is 10.6 Å². The highest BCUT2D eigenvalue weighted by molar-refractivity contribution is 5.85. The Morgan fingerprint density at radius 1 is 1.29 bits per heavy atom. The largest absolute Gasteiger partial charge is 0.494 e. The van der Waals surface area contributed by atoms with Crippen molar-refractivity contribution in [1.29, 1.82) is 0 Å². The molecule has 0 heterocycles. The maximum Gasteiger partial charge on any atom is 0.222 e. The predicted molar refractivity (Wildman–Crippen MR) is 97.3 cm³/mol. The van der Waals surface area contributed by atoms with Gasteiger partial charge in [0, 0.05) is 25.1 Å². The van der Waals surface area contributed by atoms with Gasteiger partial charge in [0.05, 0.1) is 19.1 Å².